The minimum Gasteiger partial charge on any atom is -0.504 e. The first-order valence-corrected chi connectivity index (χ1v) is 8.85. The van der Waals surface area contributed by atoms with E-state index in [1.165, 1.54) is 0 Å². The van der Waals surface area contributed by atoms with Crippen LogP contribution in [0.15, 0.2) is 42.5 Å². The molecule has 0 bridgehead atoms. The van der Waals surface area contributed by atoms with Gasteiger partial charge >= 0.3 is 0 Å². The van der Waals surface area contributed by atoms with Crippen molar-refractivity contribution < 1.29 is 19.4 Å². The highest BCUT2D eigenvalue weighted by atomic mass is 16.5. The summed E-state index contributed by atoms with van der Waals surface area (Å²) in [6.45, 7) is 6.62. The average molecular weight is 342 g/mol. The predicted octanol–water partition coefficient (Wildman–Crippen LogP) is 3.83. The smallest absolute Gasteiger partial charge is 0.160 e. The van der Waals surface area contributed by atoms with Crippen molar-refractivity contribution in [2.75, 3.05) is 13.7 Å². The maximum atomic E-state index is 12.3. The van der Waals surface area contributed by atoms with Gasteiger partial charge in [-0.1, -0.05) is 19.1 Å². The SMILES string of the molecule is C=CC[C@H]1C[C@]2(C(C)Cc3ccc(OC)c(O)c3)OCCC2=CC1=O. The van der Waals surface area contributed by atoms with Crippen molar-refractivity contribution in [1.82, 2.24) is 0 Å². The van der Waals surface area contributed by atoms with Crippen molar-refractivity contribution in [3.63, 3.8) is 0 Å². The van der Waals surface area contributed by atoms with Crippen molar-refractivity contribution in [3.8, 4) is 11.5 Å². The summed E-state index contributed by atoms with van der Waals surface area (Å²) in [4.78, 5) is 12.3. The Bertz CT molecular complexity index is 706. The molecule has 2 aliphatic rings. The third kappa shape index (κ3) is 3.23. The highest BCUT2D eigenvalue weighted by Crippen LogP contribution is 2.47. The number of carbonyl (C=O) groups excluding carboxylic acids is 1. The molecular weight excluding hydrogens is 316 g/mol. The van der Waals surface area contributed by atoms with E-state index in [0.29, 0.717) is 25.2 Å². The molecule has 0 radical (unpaired) electrons. The van der Waals surface area contributed by atoms with Gasteiger partial charge < -0.3 is 14.6 Å². The Kier molecular flexibility index (Phi) is 5.00. The maximum Gasteiger partial charge on any atom is 0.160 e. The van der Waals surface area contributed by atoms with E-state index >= 15 is 0 Å². The fourth-order valence-corrected chi connectivity index (χ4v) is 4.23. The zero-order valence-electron chi connectivity index (χ0n) is 15.0. The molecule has 1 aromatic carbocycles. The number of carbonyl (C=O) groups is 1. The number of fused-ring (bicyclic) bond motifs is 1. The molecule has 1 unspecified atom stereocenters. The van der Waals surface area contributed by atoms with Crippen LogP contribution in [0.1, 0.15) is 31.7 Å². The standard InChI is InChI=1S/C21H26O4/c1-4-5-16-13-21(17(8-9-25-21)12-18(16)22)14(2)10-15-6-7-20(24-3)19(23)11-15/h4,6-7,11-12,14,16,23H,1,5,8-10,13H2,2-3H3/t14?,16-,21+/m0/s1. The summed E-state index contributed by atoms with van der Waals surface area (Å²) < 4.78 is 11.3. The number of allylic oxidation sites excluding steroid dienone is 2. The van der Waals surface area contributed by atoms with Crippen LogP contribution in [0.2, 0.25) is 0 Å². The lowest BCUT2D eigenvalue weighted by molar-refractivity contribution is -0.123. The number of hydrogen-bond acceptors (Lipinski definition) is 4. The summed E-state index contributed by atoms with van der Waals surface area (Å²) in [6, 6.07) is 5.50. The third-order valence-electron chi connectivity index (χ3n) is 5.58. The lowest BCUT2D eigenvalue weighted by atomic mass is 9.68. The minimum absolute atomic E-state index is 0.0499. The molecule has 25 heavy (non-hydrogen) atoms. The van der Waals surface area contributed by atoms with Crippen LogP contribution < -0.4 is 4.74 Å². The van der Waals surface area contributed by atoms with Gasteiger partial charge in [0.2, 0.25) is 0 Å². The van der Waals surface area contributed by atoms with Crippen LogP contribution in [-0.2, 0) is 16.0 Å². The zero-order valence-corrected chi connectivity index (χ0v) is 15.0. The first kappa shape index (κ1) is 17.7. The summed E-state index contributed by atoms with van der Waals surface area (Å²) in [5, 5.41) is 10.0. The van der Waals surface area contributed by atoms with Gasteiger partial charge in [0.25, 0.3) is 0 Å². The molecule has 3 rings (SSSR count). The molecule has 1 aliphatic heterocycles. The average Bonchev–Trinajstić information content (AvgIpc) is 2.99. The van der Waals surface area contributed by atoms with Gasteiger partial charge in [-0.25, -0.2) is 0 Å². The van der Waals surface area contributed by atoms with E-state index in [1.54, 1.807) is 19.2 Å². The molecule has 0 amide bonds. The molecule has 1 saturated heterocycles. The van der Waals surface area contributed by atoms with E-state index in [4.69, 9.17) is 9.47 Å². The van der Waals surface area contributed by atoms with Crippen molar-refractivity contribution in [2.45, 2.75) is 38.2 Å². The van der Waals surface area contributed by atoms with E-state index in [0.717, 1.165) is 24.0 Å². The fraction of sp³-hybridized carbons (Fsp3) is 0.476. The van der Waals surface area contributed by atoms with Gasteiger partial charge in [0.05, 0.1) is 19.3 Å². The molecule has 0 aromatic heterocycles. The Labute approximate surface area is 149 Å². The van der Waals surface area contributed by atoms with Crippen LogP contribution in [0.4, 0.5) is 0 Å². The Hall–Kier alpha value is -2.07. The molecule has 4 heteroatoms. The molecule has 1 heterocycles. The number of phenols is 1. The molecule has 0 spiro atoms. The molecule has 134 valence electrons. The number of ether oxygens (including phenoxy) is 2. The van der Waals surface area contributed by atoms with Crippen LogP contribution in [0.25, 0.3) is 0 Å². The summed E-state index contributed by atoms with van der Waals surface area (Å²) >= 11 is 0. The molecular formula is C21H26O4. The van der Waals surface area contributed by atoms with Gasteiger partial charge in [-0.3, -0.25) is 4.79 Å². The number of methoxy groups -OCH3 is 1. The molecule has 3 atom stereocenters. The molecule has 1 aromatic rings. The van der Waals surface area contributed by atoms with Gasteiger partial charge in [-0.15, -0.1) is 6.58 Å². The zero-order chi connectivity index (χ0) is 18.0. The van der Waals surface area contributed by atoms with Crippen LogP contribution in [0.3, 0.4) is 0 Å². The summed E-state index contributed by atoms with van der Waals surface area (Å²) in [5.74, 6) is 0.976. The quantitative estimate of drug-likeness (QED) is 0.798. The van der Waals surface area contributed by atoms with Crippen LogP contribution >= 0.6 is 0 Å². The first-order chi connectivity index (χ1) is 12.0. The number of hydrogen-bond donors (Lipinski definition) is 1. The second kappa shape index (κ2) is 7.04. The van der Waals surface area contributed by atoms with Gasteiger partial charge in [0.1, 0.15) is 0 Å². The van der Waals surface area contributed by atoms with Crippen LogP contribution in [-0.4, -0.2) is 30.2 Å². The monoisotopic (exact) mass is 342 g/mol. The predicted molar refractivity (Wildman–Crippen MR) is 96.8 cm³/mol. The highest BCUT2D eigenvalue weighted by Gasteiger charge is 2.49. The number of phenolic OH excluding ortho intramolecular Hbond substituents is 1. The molecule has 1 fully saturated rings. The van der Waals surface area contributed by atoms with Gasteiger partial charge in [0, 0.05) is 5.92 Å². The van der Waals surface area contributed by atoms with Gasteiger partial charge in [-0.2, -0.15) is 0 Å². The normalized spacial score (nSPS) is 26.7. The summed E-state index contributed by atoms with van der Waals surface area (Å²) in [6.07, 6.45) is 6.62. The molecule has 4 nitrogen and oxygen atoms in total. The van der Waals surface area contributed by atoms with Crippen molar-refractivity contribution >= 4 is 5.78 Å². The van der Waals surface area contributed by atoms with Crippen LogP contribution in [0, 0.1) is 11.8 Å². The van der Waals surface area contributed by atoms with Crippen molar-refractivity contribution in [2.24, 2.45) is 11.8 Å². The Morgan fingerprint density at radius 3 is 3.00 bits per heavy atom. The highest BCUT2D eigenvalue weighted by molar-refractivity contribution is 5.94. The van der Waals surface area contributed by atoms with E-state index < -0.39 is 0 Å². The first-order valence-electron chi connectivity index (χ1n) is 8.85. The number of ketones is 1. The molecule has 1 N–H and O–H groups in total. The van der Waals surface area contributed by atoms with E-state index in [2.05, 4.69) is 13.5 Å². The second-order valence-electron chi connectivity index (χ2n) is 7.10. The topological polar surface area (TPSA) is 55.8 Å². The lowest BCUT2D eigenvalue weighted by Crippen LogP contribution is -2.44. The summed E-state index contributed by atoms with van der Waals surface area (Å²) in [5.41, 5.74) is 1.78. The number of rotatable bonds is 6. The fourth-order valence-electron chi connectivity index (χ4n) is 4.23. The number of benzene rings is 1. The maximum absolute atomic E-state index is 12.3. The minimum atomic E-state index is -0.378. The Morgan fingerprint density at radius 2 is 2.32 bits per heavy atom. The number of aromatic hydroxyl groups is 1. The Morgan fingerprint density at radius 1 is 1.52 bits per heavy atom. The van der Waals surface area contributed by atoms with E-state index in [-0.39, 0.29) is 29.0 Å². The van der Waals surface area contributed by atoms with Crippen molar-refractivity contribution in [3.05, 3.63) is 48.1 Å². The Balaban J connectivity index is 1.85. The van der Waals surface area contributed by atoms with Gasteiger partial charge in [-0.05, 0) is 60.9 Å². The van der Waals surface area contributed by atoms with Crippen molar-refractivity contribution in [1.29, 1.82) is 0 Å². The largest absolute Gasteiger partial charge is 0.504 e. The lowest BCUT2D eigenvalue weighted by Gasteiger charge is -2.41. The molecule has 1 aliphatic carbocycles. The van der Waals surface area contributed by atoms with Gasteiger partial charge in [0.15, 0.2) is 17.3 Å². The summed E-state index contributed by atoms with van der Waals surface area (Å²) in [7, 11) is 1.54. The van der Waals surface area contributed by atoms with E-state index in [9.17, 15) is 9.90 Å². The van der Waals surface area contributed by atoms with Crippen LogP contribution in [0.5, 0.6) is 11.5 Å². The molecule has 0 saturated carbocycles. The third-order valence-corrected chi connectivity index (χ3v) is 5.58. The van der Waals surface area contributed by atoms with E-state index in [1.807, 2.05) is 18.2 Å². The second-order valence-corrected chi connectivity index (χ2v) is 7.10.